The second-order valence-corrected chi connectivity index (χ2v) is 6.05. The van der Waals surface area contributed by atoms with Gasteiger partial charge < -0.3 is 5.32 Å². The number of nitrogens with one attached hydrogen (secondary N) is 1. The van der Waals surface area contributed by atoms with E-state index in [2.05, 4.69) is 5.32 Å². The van der Waals surface area contributed by atoms with E-state index in [0.29, 0.717) is 18.4 Å². The van der Waals surface area contributed by atoms with Crippen molar-refractivity contribution in [3.63, 3.8) is 0 Å². The molecule has 1 aliphatic carbocycles. The van der Waals surface area contributed by atoms with Gasteiger partial charge in [0.2, 0.25) is 0 Å². The molecule has 8 heteroatoms. The zero-order chi connectivity index (χ0) is 14.3. The van der Waals surface area contributed by atoms with Gasteiger partial charge in [0.15, 0.2) is 0 Å². The Morgan fingerprint density at radius 3 is 2.70 bits per heavy atom. The van der Waals surface area contributed by atoms with Crippen LogP contribution in [-0.4, -0.2) is 27.3 Å². The highest BCUT2D eigenvalue weighted by Gasteiger charge is 2.52. The molecule has 1 spiro atoms. The molecule has 2 fully saturated rings. The van der Waals surface area contributed by atoms with E-state index in [4.69, 9.17) is 0 Å². The maximum atomic E-state index is 12.4. The number of rotatable bonds is 3. The second kappa shape index (κ2) is 4.55. The summed E-state index contributed by atoms with van der Waals surface area (Å²) in [5, 5.41) is 15.1. The first-order valence-corrected chi connectivity index (χ1v) is 7.26. The lowest BCUT2D eigenvalue weighted by molar-refractivity contribution is -0.380. The number of carbonyl (C=O) groups excluding carboxylic acids is 2. The summed E-state index contributed by atoms with van der Waals surface area (Å²) >= 11 is 0.998. The number of nitrogens with zero attached hydrogens (tertiary/aromatic N) is 2. The van der Waals surface area contributed by atoms with Crippen LogP contribution in [-0.2, 0) is 11.3 Å². The Hall–Kier alpha value is -1.96. The van der Waals surface area contributed by atoms with Crippen molar-refractivity contribution in [1.29, 1.82) is 0 Å². The minimum absolute atomic E-state index is 0.0163. The van der Waals surface area contributed by atoms with Crippen molar-refractivity contribution in [2.75, 3.05) is 0 Å². The van der Waals surface area contributed by atoms with Crippen molar-refractivity contribution in [2.45, 2.75) is 37.8 Å². The first kappa shape index (κ1) is 13.0. The highest BCUT2D eigenvalue weighted by Crippen LogP contribution is 2.36. The number of amides is 3. The van der Waals surface area contributed by atoms with Gasteiger partial charge in [0.25, 0.3) is 5.91 Å². The van der Waals surface area contributed by atoms with E-state index in [1.807, 2.05) is 0 Å². The summed E-state index contributed by atoms with van der Waals surface area (Å²) in [5.74, 6) is -0.200. The molecule has 2 aliphatic rings. The van der Waals surface area contributed by atoms with Crippen LogP contribution < -0.4 is 5.32 Å². The van der Waals surface area contributed by atoms with Crippen LogP contribution in [0.3, 0.4) is 0 Å². The minimum atomic E-state index is -0.723. The standard InChI is InChI=1S/C12H13N3O4S/c16-10-12(3-1-2-4-12)13-11(17)14(10)6-8-5-9(15(18)19)20-7-8/h5,7H,1-4,6H2,(H,13,17). The van der Waals surface area contributed by atoms with Gasteiger partial charge in [-0.1, -0.05) is 24.2 Å². The van der Waals surface area contributed by atoms with Crippen molar-refractivity contribution in [3.05, 3.63) is 27.1 Å². The van der Waals surface area contributed by atoms with E-state index in [1.165, 1.54) is 6.07 Å². The van der Waals surface area contributed by atoms with Crippen LogP contribution in [0, 0.1) is 10.1 Å². The van der Waals surface area contributed by atoms with Gasteiger partial charge in [-0.15, -0.1) is 0 Å². The lowest BCUT2D eigenvalue weighted by Gasteiger charge is -2.19. The topological polar surface area (TPSA) is 92.6 Å². The quantitative estimate of drug-likeness (QED) is 0.524. The number of hydrogen-bond acceptors (Lipinski definition) is 5. The first-order valence-electron chi connectivity index (χ1n) is 6.38. The van der Waals surface area contributed by atoms with Crippen LogP contribution >= 0.6 is 11.3 Å². The summed E-state index contributed by atoms with van der Waals surface area (Å²) in [5.41, 5.74) is -0.112. The fraction of sp³-hybridized carbons (Fsp3) is 0.500. The number of thiophene rings is 1. The molecule has 0 unspecified atom stereocenters. The molecule has 3 rings (SSSR count). The Balaban J connectivity index is 1.78. The number of carbonyl (C=O) groups is 2. The maximum Gasteiger partial charge on any atom is 0.325 e. The van der Waals surface area contributed by atoms with Crippen molar-refractivity contribution < 1.29 is 14.5 Å². The van der Waals surface area contributed by atoms with E-state index < -0.39 is 16.5 Å². The van der Waals surface area contributed by atoms with Gasteiger partial charge in [-0.25, -0.2) is 4.79 Å². The molecule has 20 heavy (non-hydrogen) atoms. The molecule has 0 radical (unpaired) electrons. The third kappa shape index (κ3) is 1.96. The van der Waals surface area contributed by atoms with Gasteiger partial charge in [0.1, 0.15) is 5.54 Å². The molecule has 3 amide bonds. The molecule has 0 atom stereocenters. The smallest absolute Gasteiger partial charge is 0.323 e. The Morgan fingerprint density at radius 2 is 2.10 bits per heavy atom. The van der Waals surface area contributed by atoms with Crippen LogP contribution in [0.15, 0.2) is 11.4 Å². The average molecular weight is 295 g/mol. The highest BCUT2D eigenvalue weighted by molar-refractivity contribution is 7.13. The lowest BCUT2D eigenvalue weighted by Crippen LogP contribution is -2.44. The lowest BCUT2D eigenvalue weighted by atomic mass is 9.98. The van der Waals surface area contributed by atoms with Crippen molar-refractivity contribution in [2.24, 2.45) is 0 Å². The first-order chi connectivity index (χ1) is 9.52. The van der Waals surface area contributed by atoms with Crippen LogP contribution in [0.2, 0.25) is 0 Å². The number of hydrogen-bond donors (Lipinski definition) is 1. The second-order valence-electron chi connectivity index (χ2n) is 5.16. The van der Waals surface area contributed by atoms with Crippen LogP contribution in [0.5, 0.6) is 0 Å². The van der Waals surface area contributed by atoms with Crippen molar-refractivity contribution >= 4 is 28.3 Å². The van der Waals surface area contributed by atoms with E-state index in [9.17, 15) is 19.7 Å². The largest absolute Gasteiger partial charge is 0.325 e. The summed E-state index contributed by atoms with van der Waals surface area (Å²) in [6.45, 7) is 0.0940. The van der Waals surface area contributed by atoms with Crippen LogP contribution in [0.1, 0.15) is 31.2 Å². The summed E-state index contributed by atoms with van der Waals surface area (Å²) in [6.07, 6.45) is 3.23. The molecule has 1 N–H and O–H groups in total. The number of nitro groups is 1. The molecular weight excluding hydrogens is 282 g/mol. The minimum Gasteiger partial charge on any atom is -0.323 e. The normalized spacial score (nSPS) is 20.7. The Morgan fingerprint density at radius 1 is 1.40 bits per heavy atom. The van der Waals surface area contributed by atoms with Crippen LogP contribution in [0.4, 0.5) is 9.80 Å². The van der Waals surface area contributed by atoms with Crippen LogP contribution in [0.25, 0.3) is 0 Å². The van der Waals surface area contributed by atoms with E-state index in [0.717, 1.165) is 29.1 Å². The summed E-state index contributed by atoms with van der Waals surface area (Å²) < 4.78 is 0. The van der Waals surface area contributed by atoms with Gasteiger partial charge >= 0.3 is 11.0 Å². The van der Waals surface area contributed by atoms with Gasteiger partial charge in [0, 0.05) is 11.4 Å². The molecule has 0 bridgehead atoms. The summed E-state index contributed by atoms with van der Waals surface area (Å²) in [4.78, 5) is 35.7. The third-order valence-electron chi connectivity index (χ3n) is 3.86. The Bertz CT molecular complexity index is 591. The molecule has 1 saturated carbocycles. The molecule has 7 nitrogen and oxygen atoms in total. The Kier molecular flexibility index (Phi) is 2.97. The highest BCUT2D eigenvalue weighted by atomic mass is 32.1. The molecule has 2 heterocycles. The monoisotopic (exact) mass is 295 g/mol. The van der Waals surface area contributed by atoms with Crippen molar-refractivity contribution in [1.82, 2.24) is 10.2 Å². The van der Waals surface area contributed by atoms with E-state index in [1.54, 1.807) is 5.38 Å². The van der Waals surface area contributed by atoms with Crippen molar-refractivity contribution in [3.8, 4) is 0 Å². The SMILES string of the molecule is O=C1NC2(CCCC2)C(=O)N1Cc1csc([N+](=O)[O-])c1. The fourth-order valence-corrected chi connectivity index (χ4v) is 3.58. The summed E-state index contributed by atoms with van der Waals surface area (Å²) in [6, 6.07) is 1.01. The molecule has 1 saturated heterocycles. The molecule has 1 aromatic heterocycles. The van der Waals surface area contributed by atoms with Gasteiger partial charge in [-0.2, -0.15) is 0 Å². The predicted molar refractivity (Wildman–Crippen MR) is 71.3 cm³/mol. The average Bonchev–Trinajstić information content (AvgIpc) is 3.08. The molecular formula is C12H13N3O4S. The molecule has 1 aromatic rings. The van der Waals surface area contributed by atoms with E-state index >= 15 is 0 Å². The molecule has 106 valence electrons. The predicted octanol–water partition coefficient (Wildman–Crippen LogP) is 2.02. The fourth-order valence-electron chi connectivity index (χ4n) is 2.86. The maximum absolute atomic E-state index is 12.4. The third-order valence-corrected chi connectivity index (χ3v) is 4.79. The Labute approximate surface area is 118 Å². The number of urea groups is 1. The van der Waals surface area contributed by atoms with Gasteiger partial charge in [0.05, 0.1) is 11.5 Å². The summed E-state index contributed by atoms with van der Waals surface area (Å²) in [7, 11) is 0. The zero-order valence-electron chi connectivity index (χ0n) is 10.6. The molecule has 0 aromatic carbocycles. The van der Waals surface area contributed by atoms with E-state index in [-0.39, 0.29) is 17.5 Å². The zero-order valence-corrected chi connectivity index (χ0v) is 11.4. The van der Waals surface area contributed by atoms with Gasteiger partial charge in [-0.3, -0.25) is 19.8 Å². The van der Waals surface area contributed by atoms with Gasteiger partial charge in [-0.05, 0) is 18.4 Å². The number of imide groups is 1. The molecule has 1 aliphatic heterocycles.